The Hall–Kier alpha value is -1.49. The molecule has 1 unspecified atom stereocenters. The molecule has 0 spiro atoms. The third-order valence-corrected chi connectivity index (χ3v) is 1.83. The van der Waals surface area contributed by atoms with E-state index < -0.39 is 5.97 Å². The summed E-state index contributed by atoms with van der Waals surface area (Å²) < 4.78 is 10.3. The van der Waals surface area contributed by atoms with Gasteiger partial charge in [0.15, 0.2) is 5.88 Å². The number of ether oxygens (including phenoxy) is 1. The van der Waals surface area contributed by atoms with Crippen LogP contribution < -0.4 is 5.32 Å². The fourth-order valence-corrected chi connectivity index (χ4v) is 1.14. The molecule has 84 valence electrons. The Morgan fingerprint density at radius 1 is 1.67 bits per heavy atom. The molecule has 0 aromatic carbocycles. The number of anilines is 1. The van der Waals surface area contributed by atoms with Crippen LogP contribution in [0, 0.1) is 0 Å². The van der Waals surface area contributed by atoms with Gasteiger partial charge in [0.1, 0.15) is 0 Å². The molecule has 0 saturated carbocycles. The Morgan fingerprint density at radius 3 is 2.93 bits per heavy atom. The molecular formula is C10H15NO4. The van der Waals surface area contributed by atoms with Crippen LogP contribution in [-0.2, 0) is 4.74 Å². The van der Waals surface area contributed by atoms with Crippen LogP contribution in [0.25, 0.3) is 0 Å². The first-order valence-electron chi connectivity index (χ1n) is 4.82. The Labute approximate surface area is 88.0 Å². The summed E-state index contributed by atoms with van der Waals surface area (Å²) in [4.78, 5) is 10.5. The van der Waals surface area contributed by atoms with Crippen molar-refractivity contribution >= 4 is 11.9 Å². The number of aromatic carboxylic acids is 1. The number of carbonyl (C=O) groups is 1. The fourth-order valence-electron chi connectivity index (χ4n) is 1.14. The zero-order valence-electron chi connectivity index (χ0n) is 8.82. The third kappa shape index (κ3) is 3.63. The summed E-state index contributed by atoms with van der Waals surface area (Å²) in [6.45, 7) is 5.09. The van der Waals surface area contributed by atoms with E-state index in [1.54, 1.807) is 6.07 Å². The van der Waals surface area contributed by atoms with Gasteiger partial charge in [-0.05, 0) is 19.9 Å². The molecule has 0 aliphatic carbocycles. The van der Waals surface area contributed by atoms with Crippen LogP contribution in [0.2, 0.25) is 0 Å². The number of carboxylic acids is 1. The summed E-state index contributed by atoms with van der Waals surface area (Å²) in [7, 11) is 0. The lowest BCUT2D eigenvalue weighted by molar-refractivity contribution is 0.0663. The number of carboxylic acid groups (broad SMARTS) is 1. The van der Waals surface area contributed by atoms with E-state index in [1.165, 1.54) is 6.07 Å². The quantitative estimate of drug-likeness (QED) is 0.754. The van der Waals surface area contributed by atoms with Crippen molar-refractivity contribution in [1.82, 2.24) is 0 Å². The molecule has 0 aliphatic rings. The van der Waals surface area contributed by atoms with Gasteiger partial charge in [-0.3, -0.25) is 0 Å². The second kappa shape index (κ2) is 5.41. The van der Waals surface area contributed by atoms with Crippen LogP contribution in [0.1, 0.15) is 24.4 Å². The second-order valence-electron chi connectivity index (χ2n) is 3.12. The predicted molar refractivity (Wildman–Crippen MR) is 55.2 cm³/mol. The molecule has 1 aromatic rings. The normalized spacial score (nSPS) is 12.4. The minimum Gasteiger partial charge on any atom is -0.475 e. The molecular weight excluding hydrogens is 198 g/mol. The topological polar surface area (TPSA) is 71.7 Å². The maximum Gasteiger partial charge on any atom is 0.371 e. The molecule has 1 heterocycles. The van der Waals surface area contributed by atoms with Crippen molar-refractivity contribution in [3.8, 4) is 0 Å². The molecule has 0 amide bonds. The van der Waals surface area contributed by atoms with E-state index in [0.717, 1.165) is 0 Å². The van der Waals surface area contributed by atoms with E-state index in [4.69, 9.17) is 14.3 Å². The van der Waals surface area contributed by atoms with Gasteiger partial charge in [0.2, 0.25) is 5.76 Å². The minimum absolute atomic E-state index is 0.0633. The summed E-state index contributed by atoms with van der Waals surface area (Å²) >= 11 is 0. The second-order valence-corrected chi connectivity index (χ2v) is 3.12. The van der Waals surface area contributed by atoms with E-state index in [1.807, 2.05) is 13.8 Å². The molecule has 2 N–H and O–H groups in total. The van der Waals surface area contributed by atoms with Gasteiger partial charge in [-0.15, -0.1) is 0 Å². The van der Waals surface area contributed by atoms with E-state index in [0.29, 0.717) is 19.0 Å². The molecule has 0 saturated heterocycles. The van der Waals surface area contributed by atoms with Crippen molar-refractivity contribution in [2.75, 3.05) is 18.5 Å². The largest absolute Gasteiger partial charge is 0.475 e. The predicted octanol–water partition coefficient (Wildman–Crippen LogP) is 1.81. The lowest BCUT2D eigenvalue weighted by Gasteiger charge is -2.11. The lowest BCUT2D eigenvalue weighted by Crippen LogP contribution is -2.19. The number of hydrogen-bond acceptors (Lipinski definition) is 4. The molecule has 0 fully saturated rings. The maximum absolute atomic E-state index is 10.5. The monoisotopic (exact) mass is 213 g/mol. The Kier molecular flexibility index (Phi) is 4.17. The van der Waals surface area contributed by atoms with Crippen LogP contribution in [0.15, 0.2) is 16.5 Å². The molecule has 1 aromatic heterocycles. The highest BCUT2D eigenvalue weighted by molar-refractivity contribution is 5.84. The van der Waals surface area contributed by atoms with Gasteiger partial charge in [0.25, 0.3) is 0 Å². The summed E-state index contributed by atoms with van der Waals surface area (Å²) in [5, 5.41) is 11.6. The van der Waals surface area contributed by atoms with Gasteiger partial charge in [-0.25, -0.2) is 4.79 Å². The van der Waals surface area contributed by atoms with Crippen LogP contribution in [-0.4, -0.2) is 30.3 Å². The van der Waals surface area contributed by atoms with Crippen LogP contribution in [0.5, 0.6) is 0 Å². The number of nitrogens with one attached hydrogen (secondary N) is 1. The molecule has 15 heavy (non-hydrogen) atoms. The molecule has 5 heteroatoms. The van der Waals surface area contributed by atoms with Gasteiger partial charge in [-0.2, -0.15) is 0 Å². The van der Waals surface area contributed by atoms with Crippen molar-refractivity contribution in [3.63, 3.8) is 0 Å². The summed E-state index contributed by atoms with van der Waals surface area (Å²) in [6, 6.07) is 3.00. The fraction of sp³-hybridized carbons (Fsp3) is 0.500. The van der Waals surface area contributed by atoms with Gasteiger partial charge >= 0.3 is 5.97 Å². The van der Waals surface area contributed by atoms with Crippen LogP contribution in [0.4, 0.5) is 5.88 Å². The lowest BCUT2D eigenvalue weighted by atomic mass is 10.4. The highest BCUT2D eigenvalue weighted by Crippen LogP contribution is 2.13. The number of furan rings is 1. The van der Waals surface area contributed by atoms with E-state index >= 15 is 0 Å². The van der Waals surface area contributed by atoms with Gasteiger partial charge < -0.3 is 19.6 Å². The molecule has 0 aliphatic heterocycles. The Bertz CT molecular complexity index is 321. The van der Waals surface area contributed by atoms with Crippen molar-refractivity contribution in [3.05, 3.63) is 17.9 Å². The summed E-state index contributed by atoms with van der Waals surface area (Å²) in [6.07, 6.45) is 0.0633. The highest BCUT2D eigenvalue weighted by atomic mass is 16.5. The average molecular weight is 213 g/mol. The highest BCUT2D eigenvalue weighted by Gasteiger charge is 2.09. The Morgan fingerprint density at radius 2 is 2.40 bits per heavy atom. The standard InChI is InChI=1S/C10H15NO4/c1-3-14-7(2)6-11-9-5-4-8(15-9)10(12)13/h4-5,7,11H,3,6H2,1-2H3,(H,12,13). The van der Waals surface area contributed by atoms with E-state index in [-0.39, 0.29) is 11.9 Å². The van der Waals surface area contributed by atoms with E-state index in [9.17, 15) is 4.79 Å². The first-order valence-corrected chi connectivity index (χ1v) is 4.82. The van der Waals surface area contributed by atoms with Crippen molar-refractivity contribution in [1.29, 1.82) is 0 Å². The first-order chi connectivity index (χ1) is 7.13. The maximum atomic E-state index is 10.5. The SMILES string of the molecule is CCOC(C)CNc1ccc(C(=O)O)o1. The molecule has 1 rings (SSSR count). The van der Waals surface area contributed by atoms with E-state index in [2.05, 4.69) is 5.32 Å². The molecule has 0 radical (unpaired) electrons. The van der Waals surface area contributed by atoms with Crippen molar-refractivity contribution in [2.24, 2.45) is 0 Å². The third-order valence-electron chi connectivity index (χ3n) is 1.83. The number of rotatable bonds is 6. The zero-order valence-corrected chi connectivity index (χ0v) is 8.82. The zero-order chi connectivity index (χ0) is 11.3. The van der Waals surface area contributed by atoms with Crippen LogP contribution >= 0.6 is 0 Å². The number of hydrogen-bond donors (Lipinski definition) is 2. The summed E-state index contributed by atoms with van der Waals surface area (Å²) in [5.41, 5.74) is 0. The minimum atomic E-state index is -1.07. The van der Waals surface area contributed by atoms with Gasteiger partial charge in [0, 0.05) is 19.2 Å². The molecule has 5 nitrogen and oxygen atoms in total. The smallest absolute Gasteiger partial charge is 0.371 e. The molecule has 1 atom stereocenters. The van der Waals surface area contributed by atoms with Crippen LogP contribution in [0.3, 0.4) is 0 Å². The van der Waals surface area contributed by atoms with Gasteiger partial charge in [0.05, 0.1) is 6.10 Å². The molecule has 0 bridgehead atoms. The summed E-state index contributed by atoms with van der Waals surface area (Å²) in [5.74, 6) is -0.693. The van der Waals surface area contributed by atoms with Crippen molar-refractivity contribution < 1.29 is 19.1 Å². The first kappa shape index (κ1) is 11.6. The van der Waals surface area contributed by atoms with Gasteiger partial charge in [-0.1, -0.05) is 0 Å². The average Bonchev–Trinajstić information content (AvgIpc) is 2.63. The van der Waals surface area contributed by atoms with Crippen molar-refractivity contribution in [2.45, 2.75) is 20.0 Å². The Balaban J connectivity index is 2.40.